The molecule has 8 heteroatoms. The fourth-order valence-electron chi connectivity index (χ4n) is 10.2. The lowest BCUT2D eigenvalue weighted by atomic mass is 10.1. The second-order valence-corrected chi connectivity index (χ2v) is 17.1. The molecule has 0 N–H and O–H groups in total. The van der Waals surface area contributed by atoms with Crippen LogP contribution in [0, 0.1) is 24.5 Å². The summed E-state index contributed by atoms with van der Waals surface area (Å²) in [6.07, 6.45) is 0. The molecule has 0 unspecified atom stereocenters. The van der Waals surface area contributed by atoms with E-state index in [1.165, 1.54) is 0 Å². The van der Waals surface area contributed by atoms with Crippen molar-refractivity contribution in [1.82, 2.24) is 23.7 Å². The molecular weight excluding hydrogens is 845 g/mol. The number of benzene rings is 9. The lowest BCUT2D eigenvalue weighted by Crippen LogP contribution is -1.98. The van der Waals surface area contributed by atoms with Gasteiger partial charge < -0.3 is 13.7 Å². The van der Waals surface area contributed by atoms with Crippen LogP contribution < -0.4 is 0 Å². The molecule has 13 aromatic rings. The van der Waals surface area contributed by atoms with Crippen molar-refractivity contribution in [3.05, 3.63) is 235 Å². The molecule has 0 aliphatic carbocycles. The molecule has 0 bridgehead atoms. The number of rotatable bonds is 6. The summed E-state index contributed by atoms with van der Waals surface area (Å²) in [6, 6.07) is 72.0. The molecule has 69 heavy (non-hydrogen) atoms. The quantitative estimate of drug-likeness (QED) is 0.156. The van der Waals surface area contributed by atoms with Crippen molar-refractivity contribution < 1.29 is 0 Å². The maximum atomic E-state index is 9.86. The predicted octanol–water partition coefficient (Wildman–Crippen LogP) is 15.7. The van der Waals surface area contributed by atoms with Crippen LogP contribution in [0.1, 0.15) is 5.56 Å². The lowest BCUT2D eigenvalue weighted by Gasteiger charge is -2.14. The minimum atomic E-state index is 0.481. The number of aromatic nitrogens is 5. The zero-order valence-electron chi connectivity index (χ0n) is 36.7. The van der Waals surface area contributed by atoms with E-state index in [2.05, 4.69) is 102 Å². The van der Waals surface area contributed by atoms with Crippen molar-refractivity contribution in [2.45, 2.75) is 0 Å². The Kier molecular flexibility index (Phi) is 8.85. The first-order chi connectivity index (χ1) is 34.1. The van der Waals surface area contributed by atoms with Gasteiger partial charge in [-0.1, -0.05) is 109 Å². The Labute approximate surface area is 395 Å². The number of hydrogen-bond acceptors (Lipinski definition) is 3. The van der Waals surface area contributed by atoms with Crippen LogP contribution in [0.3, 0.4) is 0 Å². The maximum Gasteiger partial charge on any atom is 0.211 e. The van der Waals surface area contributed by atoms with Gasteiger partial charge in [-0.05, 0) is 108 Å². The molecule has 0 amide bonds. The van der Waals surface area contributed by atoms with E-state index in [1.807, 2.05) is 133 Å². The molecule has 0 fully saturated rings. The molecule has 0 radical (unpaired) electrons. The second kappa shape index (κ2) is 15.5. The van der Waals surface area contributed by atoms with Crippen molar-refractivity contribution in [2.75, 3.05) is 0 Å². The predicted molar refractivity (Wildman–Crippen MR) is 279 cm³/mol. The smallest absolute Gasteiger partial charge is 0.211 e. The number of para-hydroxylation sites is 2. The first-order valence-electron chi connectivity index (χ1n) is 22.5. The molecule has 0 spiro atoms. The molecule has 13 rings (SSSR count). The van der Waals surface area contributed by atoms with Crippen molar-refractivity contribution in [1.29, 1.82) is 5.26 Å². The van der Waals surface area contributed by atoms with Crippen LogP contribution in [0.4, 0.5) is 11.4 Å². The van der Waals surface area contributed by atoms with Crippen LogP contribution in [0.15, 0.2) is 206 Å². The molecule has 0 saturated heterocycles. The highest BCUT2D eigenvalue weighted by atomic mass is 15.0. The zero-order chi connectivity index (χ0) is 46.2. The van der Waals surface area contributed by atoms with Gasteiger partial charge in [0.1, 0.15) is 0 Å². The van der Waals surface area contributed by atoms with Crippen LogP contribution in [-0.4, -0.2) is 23.7 Å². The summed E-state index contributed by atoms with van der Waals surface area (Å²) in [4.78, 5) is 18.0. The third kappa shape index (κ3) is 6.20. The van der Waals surface area contributed by atoms with Gasteiger partial charge in [-0.3, -0.25) is 0 Å². The van der Waals surface area contributed by atoms with Crippen LogP contribution in [0.2, 0.25) is 0 Å². The van der Waals surface area contributed by atoms with Crippen molar-refractivity contribution in [3.8, 4) is 57.0 Å². The van der Waals surface area contributed by atoms with Crippen LogP contribution in [0.5, 0.6) is 0 Å². The zero-order valence-corrected chi connectivity index (χ0v) is 36.7. The minimum Gasteiger partial charge on any atom is -0.319 e. The summed E-state index contributed by atoms with van der Waals surface area (Å²) in [7, 11) is 0. The first-order valence-corrected chi connectivity index (χ1v) is 22.5. The fraction of sp³-hybridized carbons (Fsp3) is 0. The number of nitriles is 1. The van der Waals surface area contributed by atoms with E-state index >= 15 is 0 Å². The Morgan fingerprint density at radius 2 is 0.899 bits per heavy atom. The average molecular weight is 879 g/mol. The topological polar surface area (TPSA) is 73.1 Å². The second-order valence-electron chi connectivity index (χ2n) is 17.1. The average Bonchev–Trinajstić information content (AvgIpc) is 4.05. The Bertz CT molecular complexity index is 4150. The highest BCUT2D eigenvalue weighted by Crippen LogP contribution is 2.42. The van der Waals surface area contributed by atoms with Crippen molar-refractivity contribution in [2.24, 2.45) is 0 Å². The van der Waals surface area contributed by atoms with E-state index < -0.39 is 0 Å². The molecule has 9 aromatic carbocycles. The van der Waals surface area contributed by atoms with Crippen molar-refractivity contribution >= 4 is 76.8 Å². The summed E-state index contributed by atoms with van der Waals surface area (Å²) in [5.74, 6) is 0.609. The number of fused-ring (bicyclic) bond motifs is 9. The lowest BCUT2D eigenvalue weighted by molar-refractivity contribution is 1.16. The summed E-state index contributed by atoms with van der Waals surface area (Å²) >= 11 is 0. The first kappa shape index (κ1) is 39.3. The molecular formula is C61H34N8. The standard InChI is InChI=1S/C61H34N8/c1-63-42-23-28-57-48(33-42)46-18-10-12-20-55(46)68(57)44-25-30-59-50(35-44)49-34-43(67-54-19-11-9-17-45(54)47-31-38(37-62)21-26-56(47)67)24-29-58(49)69(59)60-27-22-41(32-53(60)64-2)52-36-51(39-13-5-3-6-14-39)65-61(66-52)40-15-7-4-8-16-40/h3-36H. The summed E-state index contributed by atoms with van der Waals surface area (Å²) in [6.45, 7) is 16.4. The Morgan fingerprint density at radius 3 is 1.51 bits per heavy atom. The summed E-state index contributed by atoms with van der Waals surface area (Å²) in [5, 5.41) is 16.1. The van der Waals surface area contributed by atoms with Crippen LogP contribution >= 0.6 is 0 Å². The van der Waals surface area contributed by atoms with Gasteiger partial charge in [-0.25, -0.2) is 19.7 Å². The normalized spacial score (nSPS) is 11.4. The third-order valence-electron chi connectivity index (χ3n) is 13.3. The molecule has 4 heterocycles. The van der Waals surface area contributed by atoms with E-state index in [0.29, 0.717) is 22.8 Å². The van der Waals surface area contributed by atoms with E-state index in [4.69, 9.17) is 23.1 Å². The van der Waals surface area contributed by atoms with E-state index in [-0.39, 0.29) is 0 Å². The molecule has 0 aliphatic rings. The molecule has 8 nitrogen and oxygen atoms in total. The van der Waals surface area contributed by atoms with Crippen LogP contribution in [-0.2, 0) is 0 Å². The van der Waals surface area contributed by atoms with Crippen LogP contribution in [0.25, 0.3) is 126 Å². The highest BCUT2D eigenvalue weighted by Gasteiger charge is 2.21. The summed E-state index contributed by atoms with van der Waals surface area (Å²) in [5.41, 5.74) is 14.6. The van der Waals surface area contributed by atoms with Gasteiger partial charge in [-0.2, -0.15) is 5.26 Å². The Hall–Kier alpha value is -10.1. The minimum absolute atomic E-state index is 0.481. The van der Waals surface area contributed by atoms with E-state index in [0.717, 1.165) is 111 Å². The number of nitrogens with zero attached hydrogens (tertiary/aromatic N) is 8. The molecule has 318 valence electrons. The number of hydrogen-bond donors (Lipinski definition) is 0. The van der Waals surface area contributed by atoms with Gasteiger partial charge in [0.05, 0.1) is 75.0 Å². The van der Waals surface area contributed by atoms with Gasteiger partial charge in [0, 0.05) is 49.4 Å². The molecule has 0 saturated carbocycles. The van der Waals surface area contributed by atoms with Gasteiger partial charge in [0.2, 0.25) is 5.69 Å². The van der Waals surface area contributed by atoms with Gasteiger partial charge in [0.15, 0.2) is 11.5 Å². The van der Waals surface area contributed by atoms with E-state index in [9.17, 15) is 5.26 Å². The monoisotopic (exact) mass is 878 g/mol. The van der Waals surface area contributed by atoms with Gasteiger partial charge in [0.25, 0.3) is 0 Å². The fourth-order valence-corrected chi connectivity index (χ4v) is 10.2. The van der Waals surface area contributed by atoms with Crippen molar-refractivity contribution in [3.63, 3.8) is 0 Å². The molecule has 0 aliphatic heterocycles. The largest absolute Gasteiger partial charge is 0.319 e. The Balaban J connectivity index is 1.05. The van der Waals surface area contributed by atoms with E-state index in [1.54, 1.807) is 0 Å². The maximum absolute atomic E-state index is 9.86. The van der Waals surface area contributed by atoms with Gasteiger partial charge in [-0.15, -0.1) is 0 Å². The van der Waals surface area contributed by atoms with Gasteiger partial charge >= 0.3 is 0 Å². The summed E-state index contributed by atoms with van der Waals surface area (Å²) < 4.78 is 6.76. The molecule has 4 aromatic heterocycles. The third-order valence-corrected chi connectivity index (χ3v) is 13.3. The Morgan fingerprint density at radius 1 is 0.391 bits per heavy atom. The molecule has 0 atom stereocenters. The SMILES string of the molecule is [C-]#[N+]c1ccc2c(c1)c1ccccc1n2-c1ccc2c(c1)c1cc(-n3c4ccccc4c4cc(C#N)ccc43)ccc1n2-c1ccc(-c2cc(-c3ccccc3)nc(-c3ccccc3)n2)cc1[N+]#[C-]. The highest BCUT2D eigenvalue weighted by molar-refractivity contribution is 6.14.